The van der Waals surface area contributed by atoms with E-state index in [1.165, 1.54) is 13.8 Å². The highest BCUT2D eigenvalue weighted by molar-refractivity contribution is 5.96. The van der Waals surface area contributed by atoms with Gasteiger partial charge in [0.2, 0.25) is 35.4 Å². The van der Waals surface area contributed by atoms with Gasteiger partial charge >= 0.3 is 0 Å². The molecular weight excluding hydrogens is 530 g/mol. The number of hydrogen-bond acceptors (Lipinski definition) is 10. The molecule has 1 aromatic rings. The minimum absolute atomic E-state index is 0.0329. The van der Waals surface area contributed by atoms with Crippen LogP contribution in [0.5, 0.6) is 0 Å². The van der Waals surface area contributed by atoms with Crippen LogP contribution in [0.1, 0.15) is 19.4 Å². The minimum Gasteiger partial charge on any atom is -0.394 e. The van der Waals surface area contributed by atoms with Crippen molar-refractivity contribution in [3.63, 3.8) is 0 Å². The molecule has 0 spiro atoms. The molecule has 40 heavy (non-hydrogen) atoms. The van der Waals surface area contributed by atoms with Gasteiger partial charge in [0.05, 0.1) is 31.9 Å². The van der Waals surface area contributed by atoms with Gasteiger partial charge in [0.1, 0.15) is 24.2 Å². The Hall–Kier alpha value is -4.12. The third-order valence-corrected chi connectivity index (χ3v) is 5.46. The third kappa shape index (κ3) is 11.3. The fourth-order valence-electron chi connectivity index (χ4n) is 3.24. The van der Waals surface area contributed by atoms with Crippen LogP contribution in [0.4, 0.5) is 0 Å². The maximum absolute atomic E-state index is 13.0. The summed E-state index contributed by atoms with van der Waals surface area (Å²) in [5.74, 6) is -5.46. The van der Waals surface area contributed by atoms with Gasteiger partial charge in [-0.3, -0.25) is 28.8 Å². The molecule has 0 fully saturated rings. The van der Waals surface area contributed by atoms with Gasteiger partial charge in [0.25, 0.3) is 0 Å². The lowest BCUT2D eigenvalue weighted by atomic mass is 10.0. The largest absolute Gasteiger partial charge is 0.394 e. The highest BCUT2D eigenvalue weighted by Crippen LogP contribution is 2.05. The number of nitrogens with one attached hydrogen (secondary N) is 5. The fourth-order valence-corrected chi connectivity index (χ4v) is 3.24. The van der Waals surface area contributed by atoms with Gasteiger partial charge in [-0.05, 0) is 19.4 Å². The van der Waals surface area contributed by atoms with Gasteiger partial charge in [-0.2, -0.15) is 0 Å². The Morgan fingerprint density at radius 2 is 1.23 bits per heavy atom. The molecule has 6 atom stereocenters. The topological polar surface area (TPSA) is 275 Å². The zero-order valence-electron chi connectivity index (χ0n) is 22.1. The minimum atomic E-state index is -1.67. The number of carbonyl (C=O) groups is 6. The van der Waals surface area contributed by atoms with Crippen molar-refractivity contribution < 1.29 is 44.1 Å². The van der Waals surface area contributed by atoms with Crippen molar-refractivity contribution in [2.45, 2.75) is 56.6 Å². The molecule has 0 saturated carbocycles. The number of benzene rings is 1. The third-order valence-electron chi connectivity index (χ3n) is 5.46. The number of aliphatic hydroxyl groups excluding tert-OH is 3. The van der Waals surface area contributed by atoms with Gasteiger partial charge in [0.15, 0.2) is 0 Å². The van der Waals surface area contributed by atoms with Crippen LogP contribution in [0.2, 0.25) is 0 Å². The zero-order chi connectivity index (χ0) is 30.4. The Balaban J connectivity index is 2.94. The summed E-state index contributed by atoms with van der Waals surface area (Å²) < 4.78 is 0. The molecule has 0 radical (unpaired) electrons. The van der Waals surface area contributed by atoms with Crippen molar-refractivity contribution >= 4 is 35.4 Å². The van der Waals surface area contributed by atoms with Gasteiger partial charge in [0, 0.05) is 6.42 Å². The first-order chi connectivity index (χ1) is 18.8. The summed E-state index contributed by atoms with van der Waals surface area (Å²) in [7, 11) is 0. The molecule has 0 aromatic heterocycles. The second-order valence-electron chi connectivity index (χ2n) is 8.94. The van der Waals surface area contributed by atoms with Gasteiger partial charge < -0.3 is 53.4 Å². The smallest absolute Gasteiger partial charge is 0.245 e. The predicted octanol–water partition coefficient (Wildman–Crippen LogP) is -5.52. The maximum Gasteiger partial charge on any atom is 0.245 e. The summed E-state index contributed by atoms with van der Waals surface area (Å²) >= 11 is 0. The molecule has 0 aliphatic rings. The van der Waals surface area contributed by atoms with Crippen LogP contribution in [0.25, 0.3) is 0 Å². The molecule has 1 aromatic carbocycles. The highest BCUT2D eigenvalue weighted by atomic mass is 16.3. The van der Waals surface area contributed by atoms with Crippen molar-refractivity contribution in [3.05, 3.63) is 35.9 Å². The molecular formula is C24H37N7O9. The quantitative estimate of drug-likeness (QED) is 0.0904. The van der Waals surface area contributed by atoms with E-state index >= 15 is 0 Å². The molecule has 16 nitrogen and oxygen atoms in total. The van der Waals surface area contributed by atoms with E-state index in [9.17, 15) is 44.1 Å². The first kappa shape index (κ1) is 33.9. The number of primary amides is 1. The summed E-state index contributed by atoms with van der Waals surface area (Å²) in [6.07, 6.45) is -1.41. The number of amides is 6. The Labute approximate surface area is 230 Å². The van der Waals surface area contributed by atoms with E-state index in [1.54, 1.807) is 30.3 Å². The van der Waals surface area contributed by atoms with Crippen molar-refractivity contribution in [2.75, 3.05) is 19.8 Å². The van der Waals surface area contributed by atoms with Crippen LogP contribution >= 0.6 is 0 Å². The lowest BCUT2D eigenvalue weighted by Gasteiger charge is -2.26. The molecule has 222 valence electrons. The predicted molar refractivity (Wildman–Crippen MR) is 140 cm³/mol. The lowest BCUT2D eigenvalue weighted by molar-refractivity contribution is -0.136. The van der Waals surface area contributed by atoms with Crippen molar-refractivity contribution in [3.8, 4) is 0 Å². The van der Waals surface area contributed by atoms with Crippen LogP contribution in [0, 0.1) is 0 Å². The summed E-state index contributed by atoms with van der Waals surface area (Å²) in [6, 6.07) is 1.69. The molecule has 0 heterocycles. The Morgan fingerprint density at radius 1 is 0.750 bits per heavy atom. The standard InChI is InChI=1S/C24H37N7O9/c1-12(25)20(36)28-15(8-14-6-4-3-5-7-14)21(37)29-16(10-32)22(38)30-17(11-33)23(39)31-19(13(2)34)24(40)27-9-18(26)35/h3-7,12-13,15-17,19,32-34H,8-11,25H2,1-2H3,(H2,26,35)(H,27,40)(H,28,36)(H,29,37)(H,30,38)(H,31,39)/t12-,13+,15-,16-,17-,19-/m0/s1. The first-order valence-corrected chi connectivity index (χ1v) is 12.3. The molecule has 0 saturated heterocycles. The van der Waals surface area contributed by atoms with E-state index in [0.29, 0.717) is 5.56 Å². The molecule has 6 amide bonds. The van der Waals surface area contributed by atoms with Crippen LogP contribution in [0.3, 0.4) is 0 Å². The molecule has 12 N–H and O–H groups in total. The van der Waals surface area contributed by atoms with Crippen molar-refractivity contribution in [2.24, 2.45) is 11.5 Å². The number of nitrogens with two attached hydrogens (primary N) is 2. The Morgan fingerprint density at radius 3 is 1.68 bits per heavy atom. The molecule has 16 heteroatoms. The number of hydrogen-bond donors (Lipinski definition) is 10. The Bertz CT molecular complexity index is 1040. The molecule has 0 aliphatic heterocycles. The normalized spacial score (nSPS) is 15.2. The molecule has 0 unspecified atom stereocenters. The Kier molecular flexibility index (Phi) is 14.2. The maximum atomic E-state index is 13.0. The summed E-state index contributed by atoms with van der Waals surface area (Å²) in [6.45, 7) is 0.156. The van der Waals surface area contributed by atoms with E-state index in [2.05, 4.69) is 26.6 Å². The van der Waals surface area contributed by atoms with Crippen molar-refractivity contribution in [1.29, 1.82) is 0 Å². The summed E-state index contributed by atoms with van der Waals surface area (Å²) in [5, 5.41) is 40.4. The average Bonchev–Trinajstić information content (AvgIpc) is 2.91. The van der Waals surface area contributed by atoms with E-state index in [-0.39, 0.29) is 6.42 Å². The van der Waals surface area contributed by atoms with E-state index < -0.39 is 91.5 Å². The van der Waals surface area contributed by atoms with E-state index in [1.807, 2.05) is 0 Å². The van der Waals surface area contributed by atoms with E-state index in [4.69, 9.17) is 11.5 Å². The van der Waals surface area contributed by atoms with Crippen LogP contribution in [-0.4, -0.2) is 107 Å². The average molecular weight is 568 g/mol. The van der Waals surface area contributed by atoms with Gasteiger partial charge in [-0.1, -0.05) is 30.3 Å². The summed E-state index contributed by atoms with van der Waals surface area (Å²) in [4.78, 5) is 73.6. The number of carbonyl (C=O) groups excluding carboxylic acids is 6. The van der Waals surface area contributed by atoms with Crippen molar-refractivity contribution in [1.82, 2.24) is 26.6 Å². The molecule has 0 aliphatic carbocycles. The highest BCUT2D eigenvalue weighted by Gasteiger charge is 2.32. The first-order valence-electron chi connectivity index (χ1n) is 12.3. The second-order valence-corrected chi connectivity index (χ2v) is 8.94. The molecule has 0 bridgehead atoms. The SMILES string of the molecule is C[C@H](N)C(=O)N[C@@H](Cc1ccccc1)C(=O)N[C@@H](CO)C(=O)N[C@@H](CO)C(=O)N[C@H](C(=O)NCC(N)=O)[C@@H](C)O. The summed E-state index contributed by atoms with van der Waals surface area (Å²) in [5.41, 5.74) is 11.2. The monoisotopic (exact) mass is 567 g/mol. The number of aliphatic hydroxyl groups is 3. The molecule has 1 rings (SSSR count). The number of rotatable bonds is 16. The van der Waals surface area contributed by atoms with Gasteiger partial charge in [-0.25, -0.2) is 0 Å². The zero-order valence-corrected chi connectivity index (χ0v) is 22.1. The second kappa shape index (κ2) is 16.8. The van der Waals surface area contributed by atoms with Crippen LogP contribution in [0.15, 0.2) is 30.3 Å². The van der Waals surface area contributed by atoms with E-state index in [0.717, 1.165) is 0 Å². The van der Waals surface area contributed by atoms with Crippen LogP contribution in [-0.2, 0) is 35.2 Å². The van der Waals surface area contributed by atoms with Gasteiger partial charge in [-0.15, -0.1) is 0 Å². The lowest BCUT2D eigenvalue weighted by Crippen LogP contribution is -2.61. The van der Waals surface area contributed by atoms with Crippen LogP contribution < -0.4 is 38.1 Å². The fraction of sp³-hybridized carbons (Fsp3) is 0.500.